The van der Waals surface area contributed by atoms with E-state index >= 15 is 0 Å². The van der Waals surface area contributed by atoms with Crippen molar-refractivity contribution in [2.75, 3.05) is 39.1 Å². The highest BCUT2D eigenvalue weighted by Gasteiger charge is 2.30. The van der Waals surface area contributed by atoms with E-state index in [0.717, 1.165) is 22.0 Å². The number of nitrogens with one attached hydrogen (secondary N) is 1. The predicted octanol–water partition coefficient (Wildman–Crippen LogP) is 3.07. The first-order chi connectivity index (χ1) is 17.7. The van der Waals surface area contributed by atoms with Crippen LogP contribution < -0.4 is 10.1 Å². The molecule has 0 saturated carbocycles. The van der Waals surface area contributed by atoms with E-state index in [4.69, 9.17) is 4.74 Å². The minimum Gasteiger partial charge on any atom is -0.488 e. The molecule has 37 heavy (non-hydrogen) atoms. The van der Waals surface area contributed by atoms with Gasteiger partial charge in [0.25, 0.3) is 0 Å². The fraction of sp³-hybridized carbons (Fsp3) is 0.448. The Morgan fingerprint density at radius 3 is 2.73 bits per heavy atom. The van der Waals surface area contributed by atoms with E-state index in [1.165, 1.54) is 0 Å². The molecule has 4 rings (SSSR count). The van der Waals surface area contributed by atoms with Gasteiger partial charge in [0, 0.05) is 54.4 Å². The summed E-state index contributed by atoms with van der Waals surface area (Å²) < 4.78 is 8.49. The monoisotopic (exact) mass is 506 g/mol. The summed E-state index contributed by atoms with van der Waals surface area (Å²) >= 11 is 0. The number of nitrogens with zero attached hydrogens (tertiary/aromatic N) is 3. The number of rotatable bonds is 7. The SMILES string of the molecule is C[C@H](CO)N1C[C@H](C)[C@@H](CN(C)C)Oc2ccc(NC(=O)Cc3cn(C)c4ccccc34)cc2CC1=O. The van der Waals surface area contributed by atoms with Gasteiger partial charge in [-0.2, -0.15) is 0 Å². The summed E-state index contributed by atoms with van der Waals surface area (Å²) in [5.74, 6) is 0.521. The number of hydrogen-bond donors (Lipinski definition) is 2. The van der Waals surface area contributed by atoms with Crippen LogP contribution in [0.25, 0.3) is 10.9 Å². The van der Waals surface area contributed by atoms with E-state index in [1.54, 1.807) is 4.90 Å². The quantitative estimate of drug-likeness (QED) is 0.514. The molecule has 198 valence electrons. The third-order valence-electron chi connectivity index (χ3n) is 7.08. The number of carbonyl (C=O) groups excluding carboxylic acids is 2. The zero-order valence-electron chi connectivity index (χ0n) is 22.4. The molecule has 0 radical (unpaired) electrons. The summed E-state index contributed by atoms with van der Waals surface area (Å²) in [4.78, 5) is 30.1. The minimum absolute atomic E-state index is 0.0615. The summed E-state index contributed by atoms with van der Waals surface area (Å²) in [6.45, 7) is 5.02. The Balaban J connectivity index is 1.58. The first-order valence-corrected chi connectivity index (χ1v) is 12.8. The summed E-state index contributed by atoms with van der Waals surface area (Å²) in [5, 5.41) is 13.8. The number of amides is 2. The molecule has 0 aliphatic carbocycles. The Bertz CT molecular complexity index is 1270. The van der Waals surface area contributed by atoms with Crippen LogP contribution in [0.1, 0.15) is 25.0 Å². The fourth-order valence-corrected chi connectivity index (χ4v) is 5.03. The number of para-hydroxylation sites is 1. The molecule has 2 aromatic carbocycles. The number of aliphatic hydroxyl groups excluding tert-OH is 1. The van der Waals surface area contributed by atoms with Crippen LogP contribution in [0, 0.1) is 5.92 Å². The maximum absolute atomic E-state index is 13.3. The Kier molecular flexibility index (Phi) is 8.19. The van der Waals surface area contributed by atoms with Crippen molar-refractivity contribution in [1.29, 1.82) is 0 Å². The average molecular weight is 507 g/mol. The molecule has 3 aromatic rings. The molecule has 0 saturated heterocycles. The highest BCUT2D eigenvalue weighted by Crippen LogP contribution is 2.29. The number of carbonyl (C=O) groups is 2. The number of anilines is 1. The molecule has 2 N–H and O–H groups in total. The van der Waals surface area contributed by atoms with Crippen LogP contribution >= 0.6 is 0 Å². The van der Waals surface area contributed by atoms with E-state index < -0.39 is 0 Å². The van der Waals surface area contributed by atoms with Crippen molar-refractivity contribution in [2.24, 2.45) is 13.0 Å². The smallest absolute Gasteiger partial charge is 0.228 e. The highest BCUT2D eigenvalue weighted by molar-refractivity contribution is 5.96. The Hall–Kier alpha value is -3.36. The Morgan fingerprint density at radius 2 is 2.00 bits per heavy atom. The molecule has 0 fully saturated rings. The second kappa shape index (κ2) is 11.4. The molecule has 0 spiro atoms. The molecule has 1 aliphatic rings. The van der Waals surface area contributed by atoms with Gasteiger partial charge in [-0.15, -0.1) is 0 Å². The topological polar surface area (TPSA) is 87.0 Å². The molecule has 2 heterocycles. The van der Waals surface area contributed by atoms with Gasteiger partial charge >= 0.3 is 0 Å². The summed E-state index contributed by atoms with van der Waals surface area (Å²) in [6.07, 6.45) is 2.23. The largest absolute Gasteiger partial charge is 0.488 e. The van der Waals surface area contributed by atoms with Crippen molar-refractivity contribution >= 4 is 28.4 Å². The van der Waals surface area contributed by atoms with Gasteiger partial charge in [0.15, 0.2) is 0 Å². The average Bonchev–Trinajstić information content (AvgIpc) is 3.18. The van der Waals surface area contributed by atoms with Gasteiger partial charge in [0.2, 0.25) is 11.8 Å². The van der Waals surface area contributed by atoms with Crippen molar-refractivity contribution < 1.29 is 19.4 Å². The lowest BCUT2D eigenvalue weighted by atomic mass is 10.0. The standard InChI is InChI=1S/C29H38N4O4/c1-19-15-33(20(2)18-34)29(36)14-21-12-23(10-11-26(21)37-27(19)17-31(3)4)30-28(35)13-22-16-32(5)25-9-7-6-8-24(22)25/h6-12,16,19-20,27,34H,13-15,17-18H2,1-5H3,(H,30,35)/t19-,20+,27+/m0/s1. The number of aromatic nitrogens is 1. The molecule has 3 atom stereocenters. The lowest BCUT2D eigenvalue weighted by Crippen LogP contribution is -2.47. The molecular formula is C29H38N4O4. The van der Waals surface area contributed by atoms with Crippen LogP contribution in [0.15, 0.2) is 48.7 Å². The van der Waals surface area contributed by atoms with Crippen molar-refractivity contribution in [2.45, 2.75) is 38.8 Å². The van der Waals surface area contributed by atoms with E-state index in [-0.39, 0.29) is 49.3 Å². The molecular weight excluding hydrogens is 468 g/mol. The summed E-state index contributed by atoms with van der Waals surface area (Å²) in [5.41, 5.74) is 3.40. The first-order valence-electron chi connectivity index (χ1n) is 12.8. The zero-order chi connectivity index (χ0) is 26.7. The molecule has 0 bridgehead atoms. The first kappa shape index (κ1) is 26.7. The van der Waals surface area contributed by atoms with Crippen LogP contribution in [0.5, 0.6) is 5.75 Å². The molecule has 2 amide bonds. The number of benzene rings is 2. The van der Waals surface area contributed by atoms with Crippen LogP contribution in [0.2, 0.25) is 0 Å². The number of fused-ring (bicyclic) bond motifs is 2. The van der Waals surface area contributed by atoms with Crippen LogP contribution in [-0.4, -0.2) is 77.2 Å². The van der Waals surface area contributed by atoms with Crippen LogP contribution in [-0.2, 0) is 29.5 Å². The van der Waals surface area contributed by atoms with E-state index in [9.17, 15) is 14.7 Å². The predicted molar refractivity (Wildman–Crippen MR) is 146 cm³/mol. The highest BCUT2D eigenvalue weighted by atomic mass is 16.5. The lowest BCUT2D eigenvalue weighted by molar-refractivity contribution is -0.134. The van der Waals surface area contributed by atoms with Gasteiger partial charge in [-0.1, -0.05) is 25.1 Å². The molecule has 0 unspecified atom stereocenters. The second-order valence-corrected chi connectivity index (χ2v) is 10.5. The Morgan fingerprint density at radius 1 is 1.24 bits per heavy atom. The lowest BCUT2D eigenvalue weighted by Gasteiger charge is -2.33. The van der Waals surface area contributed by atoms with Gasteiger partial charge in [-0.3, -0.25) is 9.59 Å². The van der Waals surface area contributed by atoms with Gasteiger partial charge in [0.1, 0.15) is 11.9 Å². The van der Waals surface area contributed by atoms with Crippen LogP contribution in [0.3, 0.4) is 0 Å². The number of aryl methyl sites for hydroxylation is 1. The zero-order valence-corrected chi connectivity index (χ0v) is 22.4. The van der Waals surface area contributed by atoms with E-state index in [0.29, 0.717) is 24.5 Å². The van der Waals surface area contributed by atoms with Crippen LogP contribution in [0.4, 0.5) is 5.69 Å². The second-order valence-electron chi connectivity index (χ2n) is 10.5. The Labute approximate surface area is 218 Å². The molecule has 8 heteroatoms. The molecule has 1 aliphatic heterocycles. The number of ether oxygens (including phenoxy) is 1. The van der Waals surface area contributed by atoms with E-state index in [2.05, 4.69) is 17.1 Å². The number of likely N-dealkylation sites (N-methyl/N-ethyl adjacent to an activating group) is 1. The van der Waals surface area contributed by atoms with Gasteiger partial charge < -0.3 is 29.5 Å². The van der Waals surface area contributed by atoms with E-state index in [1.807, 2.05) is 81.3 Å². The minimum atomic E-state index is -0.292. The summed E-state index contributed by atoms with van der Waals surface area (Å²) in [7, 11) is 5.97. The maximum Gasteiger partial charge on any atom is 0.228 e. The third kappa shape index (κ3) is 6.14. The number of hydrogen-bond acceptors (Lipinski definition) is 5. The van der Waals surface area contributed by atoms with Crippen molar-refractivity contribution in [3.8, 4) is 5.75 Å². The fourth-order valence-electron chi connectivity index (χ4n) is 5.03. The molecule has 1 aromatic heterocycles. The van der Waals surface area contributed by atoms with Crippen molar-refractivity contribution in [3.05, 3.63) is 59.8 Å². The van der Waals surface area contributed by atoms with Crippen molar-refractivity contribution in [3.63, 3.8) is 0 Å². The third-order valence-corrected chi connectivity index (χ3v) is 7.08. The maximum atomic E-state index is 13.3. The van der Waals surface area contributed by atoms with Gasteiger partial charge in [-0.05, 0) is 50.8 Å². The normalized spacial score (nSPS) is 19.1. The van der Waals surface area contributed by atoms with Gasteiger partial charge in [0.05, 0.1) is 25.5 Å². The van der Waals surface area contributed by atoms with Crippen molar-refractivity contribution in [1.82, 2.24) is 14.4 Å². The van der Waals surface area contributed by atoms with Gasteiger partial charge in [-0.25, -0.2) is 0 Å². The number of aliphatic hydroxyl groups is 1. The molecule has 8 nitrogen and oxygen atoms in total. The summed E-state index contributed by atoms with van der Waals surface area (Å²) in [6, 6.07) is 13.2.